The number of hydrogen-bond acceptors (Lipinski definition) is 4. The minimum atomic E-state index is -0.264. The molecule has 0 aromatic heterocycles. The molecule has 1 saturated heterocycles. The smallest absolute Gasteiger partial charge is 0.306 e. The minimum Gasteiger partial charge on any atom is -0.469 e. The summed E-state index contributed by atoms with van der Waals surface area (Å²) in [6.07, 6.45) is 3.64. The first-order valence-electron chi connectivity index (χ1n) is 6.15. The van der Waals surface area contributed by atoms with Gasteiger partial charge in [-0.3, -0.25) is 10.1 Å². The van der Waals surface area contributed by atoms with Crippen LogP contribution in [0.2, 0.25) is 0 Å². The van der Waals surface area contributed by atoms with Gasteiger partial charge in [-0.15, -0.1) is 0 Å². The fourth-order valence-electron chi connectivity index (χ4n) is 3.00. The van der Waals surface area contributed by atoms with Crippen molar-refractivity contribution >= 4 is 5.97 Å². The topological polar surface area (TPSA) is 47.6 Å². The first kappa shape index (κ1) is 12.6. The van der Waals surface area contributed by atoms with Crippen molar-refractivity contribution in [2.75, 3.05) is 7.11 Å². The molecule has 0 aromatic carbocycles. The lowest BCUT2D eigenvalue weighted by Gasteiger charge is -2.22. The van der Waals surface area contributed by atoms with Crippen molar-refractivity contribution in [1.29, 1.82) is 0 Å². The van der Waals surface area contributed by atoms with Gasteiger partial charge in [-0.1, -0.05) is 11.6 Å². The number of rotatable bonds is 2. The molecule has 1 aliphatic carbocycles. The van der Waals surface area contributed by atoms with Gasteiger partial charge in [-0.05, 0) is 33.1 Å². The molecule has 4 heteroatoms. The maximum Gasteiger partial charge on any atom is 0.306 e. The van der Waals surface area contributed by atoms with Gasteiger partial charge < -0.3 is 9.47 Å². The molecule has 0 amide bonds. The van der Waals surface area contributed by atoms with Crippen molar-refractivity contribution in [2.24, 2.45) is 5.92 Å². The fourth-order valence-corrected chi connectivity index (χ4v) is 3.00. The normalized spacial score (nSPS) is 37.2. The molecule has 17 heavy (non-hydrogen) atoms. The van der Waals surface area contributed by atoms with E-state index in [0.717, 1.165) is 6.42 Å². The van der Waals surface area contributed by atoms with Gasteiger partial charge in [0.25, 0.3) is 0 Å². The molecule has 2 rings (SSSR count). The maximum absolute atomic E-state index is 11.4. The lowest BCUT2D eigenvalue weighted by Crippen LogP contribution is -2.39. The number of carbonyl (C=O) groups excluding carboxylic acids is 1. The highest BCUT2D eigenvalue weighted by Crippen LogP contribution is 2.41. The summed E-state index contributed by atoms with van der Waals surface area (Å²) in [5.41, 5.74) is 1.02. The van der Waals surface area contributed by atoms with Gasteiger partial charge in [0.15, 0.2) is 0 Å². The third kappa shape index (κ3) is 2.38. The molecule has 0 bridgehead atoms. The predicted molar refractivity (Wildman–Crippen MR) is 64.4 cm³/mol. The third-order valence-corrected chi connectivity index (χ3v) is 3.64. The van der Waals surface area contributed by atoms with E-state index in [2.05, 4.69) is 11.4 Å². The van der Waals surface area contributed by atoms with Crippen molar-refractivity contribution in [3.8, 4) is 0 Å². The Hall–Kier alpha value is -0.870. The summed E-state index contributed by atoms with van der Waals surface area (Å²) in [5.74, 6) is 0.111. The van der Waals surface area contributed by atoms with Crippen molar-refractivity contribution in [3.63, 3.8) is 0 Å². The average molecular weight is 239 g/mol. The first-order valence-corrected chi connectivity index (χ1v) is 6.15. The average Bonchev–Trinajstić information content (AvgIpc) is 2.68. The molecular formula is C13H21NO3. The molecule has 0 aromatic rings. The number of hydrogen-bond donors (Lipinski definition) is 1. The van der Waals surface area contributed by atoms with E-state index >= 15 is 0 Å². The SMILES string of the molecule is C/C=C1\[C@H](CC(=O)OC)C[C@H]2OC(C)(C)N[C@@H]12. The first-order chi connectivity index (χ1) is 7.96. The summed E-state index contributed by atoms with van der Waals surface area (Å²) in [6, 6.07) is 0.254. The molecule has 0 unspecified atom stereocenters. The van der Waals surface area contributed by atoms with Crippen LogP contribution in [0, 0.1) is 5.92 Å². The number of fused-ring (bicyclic) bond motifs is 1. The summed E-state index contributed by atoms with van der Waals surface area (Å²) in [5, 5.41) is 3.47. The number of methoxy groups -OCH3 is 1. The van der Waals surface area contributed by atoms with Crippen LogP contribution in [0.1, 0.15) is 33.6 Å². The van der Waals surface area contributed by atoms with E-state index in [9.17, 15) is 4.79 Å². The molecule has 0 radical (unpaired) electrons. The van der Waals surface area contributed by atoms with Crippen LogP contribution < -0.4 is 5.32 Å². The molecule has 0 spiro atoms. The number of ether oxygens (including phenoxy) is 2. The van der Waals surface area contributed by atoms with Crippen LogP contribution in [0.15, 0.2) is 11.6 Å². The number of nitrogens with one attached hydrogen (secondary N) is 1. The monoisotopic (exact) mass is 239 g/mol. The van der Waals surface area contributed by atoms with Crippen molar-refractivity contribution in [3.05, 3.63) is 11.6 Å². The van der Waals surface area contributed by atoms with Crippen LogP contribution in [-0.2, 0) is 14.3 Å². The van der Waals surface area contributed by atoms with Gasteiger partial charge in [0.1, 0.15) is 5.72 Å². The van der Waals surface area contributed by atoms with Gasteiger partial charge in [0, 0.05) is 0 Å². The van der Waals surface area contributed by atoms with Crippen LogP contribution in [-0.4, -0.2) is 30.9 Å². The van der Waals surface area contributed by atoms with Crippen LogP contribution in [0.5, 0.6) is 0 Å². The fraction of sp³-hybridized carbons (Fsp3) is 0.769. The number of esters is 1. The molecule has 1 aliphatic heterocycles. The predicted octanol–water partition coefficient (Wildman–Crippen LogP) is 1.61. The molecule has 1 heterocycles. The number of allylic oxidation sites excluding steroid dienone is 1. The second kappa shape index (κ2) is 4.42. The zero-order valence-corrected chi connectivity index (χ0v) is 10.9. The van der Waals surface area contributed by atoms with Crippen molar-refractivity contribution in [2.45, 2.75) is 51.5 Å². The standard InChI is InChI=1S/C13H21NO3/c1-5-9-8(7-11(15)16-4)6-10-12(9)14-13(2,3)17-10/h5,8,10,12,14H,6-7H2,1-4H3/b9-5+/t8-,10+,12-/m0/s1. The second-order valence-corrected chi connectivity index (χ2v) is 5.29. The molecule has 3 atom stereocenters. The molecule has 2 fully saturated rings. The molecular weight excluding hydrogens is 218 g/mol. The van der Waals surface area contributed by atoms with Gasteiger partial charge >= 0.3 is 5.97 Å². The minimum absolute atomic E-state index is 0.145. The lowest BCUT2D eigenvalue weighted by molar-refractivity contribution is -0.141. The van der Waals surface area contributed by atoms with E-state index in [1.807, 2.05) is 20.8 Å². The highest BCUT2D eigenvalue weighted by atomic mass is 16.5. The maximum atomic E-state index is 11.4. The van der Waals surface area contributed by atoms with E-state index in [1.54, 1.807) is 0 Å². The summed E-state index contributed by atoms with van der Waals surface area (Å²) < 4.78 is 10.7. The summed E-state index contributed by atoms with van der Waals surface area (Å²) in [4.78, 5) is 11.4. The van der Waals surface area contributed by atoms with Crippen molar-refractivity contribution < 1.29 is 14.3 Å². The summed E-state index contributed by atoms with van der Waals surface area (Å²) in [7, 11) is 1.44. The summed E-state index contributed by atoms with van der Waals surface area (Å²) in [6.45, 7) is 6.09. The zero-order valence-electron chi connectivity index (χ0n) is 10.9. The molecule has 2 aliphatic rings. The van der Waals surface area contributed by atoms with Gasteiger partial charge in [0.2, 0.25) is 0 Å². The Kier molecular flexibility index (Phi) is 3.27. The summed E-state index contributed by atoms with van der Waals surface area (Å²) >= 11 is 0. The Morgan fingerprint density at radius 3 is 2.94 bits per heavy atom. The molecule has 96 valence electrons. The van der Waals surface area contributed by atoms with Gasteiger partial charge in [0.05, 0.1) is 25.7 Å². The van der Waals surface area contributed by atoms with E-state index in [-0.39, 0.29) is 29.8 Å². The Balaban J connectivity index is 2.09. The Morgan fingerprint density at radius 2 is 2.35 bits per heavy atom. The van der Waals surface area contributed by atoms with E-state index in [1.165, 1.54) is 12.7 Å². The zero-order chi connectivity index (χ0) is 12.6. The highest BCUT2D eigenvalue weighted by molar-refractivity contribution is 5.70. The largest absolute Gasteiger partial charge is 0.469 e. The van der Waals surface area contributed by atoms with E-state index in [0.29, 0.717) is 6.42 Å². The highest BCUT2D eigenvalue weighted by Gasteiger charge is 2.48. The van der Waals surface area contributed by atoms with Crippen LogP contribution in [0.4, 0.5) is 0 Å². The van der Waals surface area contributed by atoms with Gasteiger partial charge in [-0.25, -0.2) is 0 Å². The van der Waals surface area contributed by atoms with Crippen LogP contribution >= 0.6 is 0 Å². The molecule has 1 N–H and O–H groups in total. The van der Waals surface area contributed by atoms with E-state index in [4.69, 9.17) is 9.47 Å². The second-order valence-electron chi connectivity index (χ2n) is 5.29. The Morgan fingerprint density at radius 1 is 1.65 bits per heavy atom. The molecule has 4 nitrogen and oxygen atoms in total. The van der Waals surface area contributed by atoms with Crippen LogP contribution in [0.3, 0.4) is 0 Å². The third-order valence-electron chi connectivity index (χ3n) is 3.64. The quantitative estimate of drug-likeness (QED) is 0.587. The number of carbonyl (C=O) groups is 1. The van der Waals surface area contributed by atoms with Gasteiger partial charge in [-0.2, -0.15) is 0 Å². The Bertz CT molecular complexity index is 349. The van der Waals surface area contributed by atoms with E-state index < -0.39 is 0 Å². The Labute approximate surface area is 102 Å². The van der Waals surface area contributed by atoms with Crippen LogP contribution in [0.25, 0.3) is 0 Å². The van der Waals surface area contributed by atoms with Crippen molar-refractivity contribution in [1.82, 2.24) is 5.32 Å². The lowest BCUT2D eigenvalue weighted by atomic mass is 9.97. The molecule has 1 saturated carbocycles.